The van der Waals surface area contributed by atoms with Crippen LogP contribution in [0.2, 0.25) is 0 Å². The van der Waals surface area contributed by atoms with Gasteiger partial charge in [0.2, 0.25) is 0 Å². The lowest BCUT2D eigenvalue weighted by Crippen LogP contribution is -2.37. The average Bonchev–Trinajstić information content (AvgIpc) is 2.54. The number of alkyl halides is 3. The number of hydrogen-bond donors (Lipinski definition) is 0. The van der Waals surface area contributed by atoms with Crippen molar-refractivity contribution < 1.29 is 21.8 Å². The fourth-order valence-electron chi connectivity index (χ4n) is 2.38. The molecule has 2 atom stereocenters. The molecule has 0 fully saturated rings. The van der Waals surface area contributed by atoms with E-state index < -0.39 is 39.3 Å². The maximum absolute atomic E-state index is 14.4. The number of aryl methyl sites for hydroxylation is 2. The Morgan fingerprint density at radius 1 is 1.12 bits per heavy atom. The van der Waals surface area contributed by atoms with E-state index in [0.29, 0.717) is 0 Å². The van der Waals surface area contributed by atoms with E-state index in [4.69, 9.17) is 0 Å². The Morgan fingerprint density at radius 3 is 2.23 bits per heavy atom. The van der Waals surface area contributed by atoms with Gasteiger partial charge in [-0.25, -0.2) is 9.18 Å². The van der Waals surface area contributed by atoms with Crippen molar-refractivity contribution in [2.75, 3.05) is 0 Å². The number of hydrogen-bond acceptors (Lipinski definition) is 3. The normalized spacial score (nSPS) is 14.3. The van der Waals surface area contributed by atoms with Crippen LogP contribution in [0.3, 0.4) is 0 Å². The summed E-state index contributed by atoms with van der Waals surface area (Å²) < 4.78 is 67.1. The molecule has 142 valence electrons. The standard InChI is InChI=1S/C16H16F4N2O3S/c1-8-5-12(17)10(6-13(8)26(25)9(2)16(18,19)20)11-7-21(3)15(24)22(4)14(11)23/h5-7,9H,1-4H3/t9-,26-/m1/s1. The zero-order chi connectivity index (χ0) is 20.0. The molecule has 0 amide bonds. The van der Waals surface area contributed by atoms with Crippen molar-refractivity contribution in [3.63, 3.8) is 0 Å². The van der Waals surface area contributed by atoms with Crippen LogP contribution in [0, 0.1) is 12.7 Å². The van der Waals surface area contributed by atoms with Crippen LogP contribution < -0.4 is 11.2 Å². The monoisotopic (exact) mass is 392 g/mol. The summed E-state index contributed by atoms with van der Waals surface area (Å²) in [5.74, 6) is -0.862. The molecular formula is C16H16F4N2O3S. The quantitative estimate of drug-likeness (QED) is 0.753. The predicted molar refractivity (Wildman–Crippen MR) is 89.0 cm³/mol. The molecule has 5 nitrogen and oxygen atoms in total. The van der Waals surface area contributed by atoms with E-state index in [0.717, 1.165) is 34.4 Å². The Labute approximate surface area is 148 Å². The van der Waals surface area contributed by atoms with Crippen molar-refractivity contribution in [2.45, 2.75) is 30.2 Å². The van der Waals surface area contributed by atoms with Crippen LogP contribution in [0.15, 0.2) is 32.8 Å². The minimum absolute atomic E-state index is 0.0716. The molecule has 0 spiro atoms. The zero-order valence-electron chi connectivity index (χ0n) is 14.3. The molecule has 10 heteroatoms. The molecular weight excluding hydrogens is 376 g/mol. The first-order valence-corrected chi connectivity index (χ1v) is 8.62. The van der Waals surface area contributed by atoms with Gasteiger partial charge in [-0.1, -0.05) is 0 Å². The maximum atomic E-state index is 14.4. The number of aromatic nitrogens is 2. The van der Waals surface area contributed by atoms with Crippen molar-refractivity contribution in [3.05, 3.63) is 50.5 Å². The highest BCUT2D eigenvalue weighted by molar-refractivity contribution is 7.85. The van der Waals surface area contributed by atoms with E-state index in [2.05, 4.69) is 0 Å². The van der Waals surface area contributed by atoms with Crippen molar-refractivity contribution in [1.82, 2.24) is 9.13 Å². The molecule has 2 aromatic rings. The smallest absolute Gasteiger partial charge is 0.303 e. The fourth-order valence-corrected chi connectivity index (χ4v) is 3.61. The van der Waals surface area contributed by atoms with Gasteiger partial charge in [0.1, 0.15) is 11.1 Å². The van der Waals surface area contributed by atoms with Crippen LogP contribution in [0.25, 0.3) is 11.1 Å². The van der Waals surface area contributed by atoms with Crippen molar-refractivity contribution in [3.8, 4) is 11.1 Å². The summed E-state index contributed by atoms with van der Waals surface area (Å²) in [4.78, 5) is 23.8. The van der Waals surface area contributed by atoms with Crippen molar-refractivity contribution in [2.24, 2.45) is 14.1 Å². The molecule has 1 aromatic heterocycles. The lowest BCUT2D eigenvalue weighted by atomic mass is 10.1. The van der Waals surface area contributed by atoms with Crippen LogP contribution in [0.1, 0.15) is 12.5 Å². The summed E-state index contributed by atoms with van der Waals surface area (Å²) in [6, 6.07) is 1.90. The highest BCUT2D eigenvalue weighted by Crippen LogP contribution is 2.31. The molecule has 1 heterocycles. The molecule has 2 rings (SSSR count). The van der Waals surface area contributed by atoms with E-state index in [1.165, 1.54) is 21.0 Å². The Balaban J connectivity index is 2.73. The summed E-state index contributed by atoms with van der Waals surface area (Å²) in [5, 5.41) is -2.16. The molecule has 0 saturated carbocycles. The third kappa shape index (κ3) is 3.50. The summed E-state index contributed by atoms with van der Waals surface area (Å²) in [7, 11) is 0.0565. The zero-order valence-corrected chi connectivity index (χ0v) is 15.2. The van der Waals surface area contributed by atoms with E-state index in [-0.39, 0.29) is 21.6 Å². The van der Waals surface area contributed by atoms with Crippen LogP contribution >= 0.6 is 0 Å². The van der Waals surface area contributed by atoms with Crippen molar-refractivity contribution >= 4 is 10.8 Å². The Hall–Kier alpha value is -2.23. The third-order valence-corrected chi connectivity index (χ3v) is 5.78. The molecule has 26 heavy (non-hydrogen) atoms. The van der Waals surface area contributed by atoms with E-state index in [1.807, 2.05) is 0 Å². The molecule has 0 aliphatic carbocycles. The summed E-state index contributed by atoms with van der Waals surface area (Å²) >= 11 is 0. The van der Waals surface area contributed by atoms with Gasteiger partial charge in [-0.15, -0.1) is 0 Å². The van der Waals surface area contributed by atoms with Gasteiger partial charge in [-0.05, 0) is 31.5 Å². The van der Waals surface area contributed by atoms with Gasteiger partial charge in [0, 0.05) is 30.8 Å². The Morgan fingerprint density at radius 2 is 1.69 bits per heavy atom. The average molecular weight is 392 g/mol. The van der Waals surface area contributed by atoms with Gasteiger partial charge in [0.05, 0.1) is 16.4 Å². The second-order valence-corrected chi connectivity index (χ2v) is 7.62. The van der Waals surface area contributed by atoms with Gasteiger partial charge in [-0.2, -0.15) is 13.2 Å². The first kappa shape index (κ1) is 20.1. The Bertz CT molecular complexity index is 1010. The number of halogens is 4. The lowest BCUT2D eigenvalue weighted by Gasteiger charge is -2.17. The second-order valence-electron chi connectivity index (χ2n) is 5.88. The molecule has 0 N–H and O–H groups in total. The largest absolute Gasteiger partial charge is 0.403 e. The van der Waals surface area contributed by atoms with Crippen LogP contribution in [0.4, 0.5) is 17.6 Å². The molecule has 0 saturated heterocycles. The molecule has 0 radical (unpaired) electrons. The SMILES string of the molecule is Cc1cc(F)c(-c2cn(C)c(=O)n(C)c2=O)cc1[S@](=O)[C@H](C)C(F)(F)F. The van der Waals surface area contributed by atoms with Gasteiger partial charge < -0.3 is 4.57 Å². The van der Waals surface area contributed by atoms with Gasteiger partial charge >= 0.3 is 11.9 Å². The maximum Gasteiger partial charge on any atom is 0.403 e. The highest BCUT2D eigenvalue weighted by Gasteiger charge is 2.41. The van der Waals surface area contributed by atoms with Gasteiger partial charge in [0.15, 0.2) is 0 Å². The second kappa shape index (κ2) is 6.82. The minimum Gasteiger partial charge on any atom is -0.303 e. The first-order chi connectivity index (χ1) is 11.9. The summed E-state index contributed by atoms with van der Waals surface area (Å²) in [5.41, 5.74) is -1.91. The summed E-state index contributed by atoms with van der Waals surface area (Å²) in [6.45, 7) is 2.10. The van der Waals surface area contributed by atoms with Crippen LogP contribution in [-0.2, 0) is 24.9 Å². The van der Waals surface area contributed by atoms with Crippen LogP contribution in [-0.4, -0.2) is 24.8 Å². The number of benzene rings is 1. The number of nitrogens with zero attached hydrogens (tertiary/aromatic N) is 2. The molecule has 1 aromatic carbocycles. The van der Waals surface area contributed by atoms with E-state index >= 15 is 0 Å². The van der Waals surface area contributed by atoms with Gasteiger partial charge in [0.25, 0.3) is 5.56 Å². The summed E-state index contributed by atoms with van der Waals surface area (Å²) in [6.07, 6.45) is -3.60. The lowest BCUT2D eigenvalue weighted by molar-refractivity contribution is -0.126. The first-order valence-electron chi connectivity index (χ1n) is 7.40. The number of rotatable bonds is 3. The minimum atomic E-state index is -4.70. The third-order valence-electron chi connectivity index (χ3n) is 4.00. The van der Waals surface area contributed by atoms with Crippen molar-refractivity contribution in [1.29, 1.82) is 0 Å². The fraction of sp³-hybridized carbons (Fsp3) is 0.375. The molecule has 0 bridgehead atoms. The molecule has 0 unspecified atom stereocenters. The molecule has 0 aliphatic heterocycles. The predicted octanol–water partition coefficient (Wildman–Crippen LogP) is 2.26. The van der Waals surface area contributed by atoms with Gasteiger partial charge in [-0.3, -0.25) is 13.6 Å². The highest BCUT2D eigenvalue weighted by atomic mass is 32.2. The van der Waals surface area contributed by atoms with E-state index in [9.17, 15) is 31.4 Å². The van der Waals surface area contributed by atoms with E-state index in [1.54, 1.807) is 0 Å². The Kier molecular flexibility index (Phi) is 5.27. The molecule has 0 aliphatic rings. The van der Waals surface area contributed by atoms with Crippen LogP contribution in [0.5, 0.6) is 0 Å². The topological polar surface area (TPSA) is 61.1 Å².